The molecule has 0 spiro atoms. The van der Waals surface area contributed by atoms with E-state index >= 15 is 0 Å². The molecule has 4 rings (SSSR count). The van der Waals surface area contributed by atoms with Crippen molar-refractivity contribution in [1.29, 1.82) is 5.26 Å². The maximum atomic E-state index is 13.7. The predicted octanol–water partition coefficient (Wildman–Crippen LogP) is 4.00. The number of hydrogen-bond acceptors (Lipinski definition) is 6. The Kier molecular flexibility index (Phi) is 6.21. The Bertz CT molecular complexity index is 1290. The maximum absolute atomic E-state index is 13.7. The first-order valence-corrected chi connectivity index (χ1v) is 12.4. The number of pyridine rings is 1. The fraction of sp³-hybridized carbons (Fsp3) is 0.381. The molecule has 1 aromatic carbocycles. The van der Waals surface area contributed by atoms with Crippen LogP contribution in [0, 0.1) is 11.3 Å². The van der Waals surface area contributed by atoms with E-state index in [9.17, 15) is 31.6 Å². The normalized spacial score (nSPS) is 21.7. The largest absolute Gasteiger partial charge is 0.419 e. The SMILES string of the molecule is N#CC1(NC(=O)[C@H]2C[C@@H](S(=O)(=O)c3ccc(Cl)cc3Cl)CN2c2ncccc2C(F)(F)F)CC1. The van der Waals surface area contributed by atoms with Crippen molar-refractivity contribution >= 4 is 44.8 Å². The van der Waals surface area contributed by atoms with Gasteiger partial charge in [-0.3, -0.25) is 4.79 Å². The standard InChI is InChI=1S/C21H17Cl2F3N4O3S/c22-12-3-4-17(15(23)8-12)34(32,33)13-9-16(19(31)29-20(11-27)5-6-20)30(10-13)18-14(21(24,25)26)2-1-7-28-18/h1-4,7-8,13,16H,5-6,9-10H2,(H,29,31)/t13-,16-/m1/s1. The second-order valence-corrected chi connectivity index (χ2v) is 11.2. The monoisotopic (exact) mass is 532 g/mol. The van der Waals surface area contributed by atoms with Gasteiger partial charge in [-0.2, -0.15) is 18.4 Å². The number of alkyl halides is 3. The molecule has 7 nitrogen and oxygen atoms in total. The van der Waals surface area contributed by atoms with Gasteiger partial charge in [0.2, 0.25) is 5.91 Å². The molecule has 2 aliphatic rings. The minimum atomic E-state index is -4.79. The number of sulfone groups is 1. The number of aromatic nitrogens is 1. The van der Waals surface area contributed by atoms with Gasteiger partial charge in [0, 0.05) is 17.8 Å². The maximum Gasteiger partial charge on any atom is 0.419 e. The van der Waals surface area contributed by atoms with Gasteiger partial charge in [-0.25, -0.2) is 13.4 Å². The molecule has 34 heavy (non-hydrogen) atoms. The minimum Gasteiger partial charge on any atom is -0.343 e. The molecule has 1 aromatic heterocycles. The Morgan fingerprint density at radius 1 is 1.26 bits per heavy atom. The molecule has 1 aliphatic carbocycles. The van der Waals surface area contributed by atoms with Gasteiger partial charge in [0.25, 0.3) is 0 Å². The average molecular weight is 533 g/mol. The van der Waals surface area contributed by atoms with E-state index in [4.69, 9.17) is 23.2 Å². The molecule has 1 aliphatic heterocycles. The summed E-state index contributed by atoms with van der Waals surface area (Å²) in [5.74, 6) is -1.30. The zero-order chi connectivity index (χ0) is 24.9. The summed E-state index contributed by atoms with van der Waals surface area (Å²) in [7, 11) is -4.16. The van der Waals surface area contributed by atoms with E-state index in [0.717, 1.165) is 23.2 Å². The van der Waals surface area contributed by atoms with E-state index in [0.29, 0.717) is 12.8 Å². The number of benzene rings is 1. The van der Waals surface area contributed by atoms with Gasteiger partial charge in [-0.05, 0) is 49.6 Å². The second-order valence-electron chi connectivity index (χ2n) is 8.20. The number of nitrogens with zero attached hydrogens (tertiary/aromatic N) is 3. The summed E-state index contributed by atoms with van der Waals surface area (Å²) in [5.41, 5.74) is -2.19. The van der Waals surface area contributed by atoms with Gasteiger partial charge in [0.15, 0.2) is 9.84 Å². The van der Waals surface area contributed by atoms with Crippen LogP contribution in [0.2, 0.25) is 10.0 Å². The van der Waals surface area contributed by atoms with E-state index in [2.05, 4.69) is 10.3 Å². The zero-order valence-electron chi connectivity index (χ0n) is 17.3. The lowest BCUT2D eigenvalue weighted by Crippen LogP contribution is -2.48. The lowest BCUT2D eigenvalue weighted by Gasteiger charge is -2.27. The lowest BCUT2D eigenvalue weighted by atomic mass is 10.1. The smallest absolute Gasteiger partial charge is 0.343 e. The second kappa shape index (κ2) is 8.59. The van der Waals surface area contributed by atoms with Crippen LogP contribution in [0.15, 0.2) is 41.4 Å². The number of amides is 1. The van der Waals surface area contributed by atoms with Crippen molar-refractivity contribution in [1.82, 2.24) is 10.3 Å². The Hall–Kier alpha value is -2.55. The molecule has 2 atom stereocenters. The average Bonchev–Trinajstić information content (AvgIpc) is 3.38. The van der Waals surface area contributed by atoms with Crippen molar-refractivity contribution in [2.45, 2.75) is 47.2 Å². The topological polar surface area (TPSA) is 103 Å². The summed E-state index contributed by atoms with van der Waals surface area (Å²) in [6.45, 7) is -0.432. The first-order chi connectivity index (χ1) is 15.9. The van der Waals surface area contributed by atoms with Gasteiger partial charge in [0.1, 0.15) is 17.4 Å². The Morgan fingerprint density at radius 2 is 1.97 bits per heavy atom. The number of hydrogen-bond donors (Lipinski definition) is 1. The number of nitrogens with one attached hydrogen (secondary N) is 1. The van der Waals surface area contributed by atoms with E-state index in [1.807, 2.05) is 6.07 Å². The van der Waals surface area contributed by atoms with E-state index in [1.165, 1.54) is 18.2 Å². The number of halogens is 5. The van der Waals surface area contributed by atoms with Crippen LogP contribution in [0.25, 0.3) is 0 Å². The molecular formula is C21H17Cl2F3N4O3S. The molecule has 180 valence electrons. The summed E-state index contributed by atoms with van der Waals surface area (Å²) in [6.07, 6.45) is -3.16. The molecule has 1 saturated heterocycles. The van der Waals surface area contributed by atoms with Gasteiger partial charge < -0.3 is 10.2 Å². The van der Waals surface area contributed by atoms with Crippen LogP contribution in [-0.2, 0) is 20.8 Å². The highest BCUT2D eigenvalue weighted by Crippen LogP contribution is 2.41. The van der Waals surface area contributed by atoms with Crippen LogP contribution < -0.4 is 10.2 Å². The highest BCUT2D eigenvalue weighted by atomic mass is 35.5. The van der Waals surface area contributed by atoms with Crippen molar-refractivity contribution in [3.8, 4) is 6.07 Å². The molecule has 0 bridgehead atoms. The summed E-state index contributed by atoms with van der Waals surface area (Å²) < 4.78 is 67.8. The van der Waals surface area contributed by atoms with Crippen molar-refractivity contribution in [2.24, 2.45) is 0 Å². The number of anilines is 1. The van der Waals surface area contributed by atoms with Gasteiger partial charge in [-0.15, -0.1) is 0 Å². The molecule has 0 unspecified atom stereocenters. The molecule has 1 saturated carbocycles. The van der Waals surface area contributed by atoms with Crippen molar-refractivity contribution in [3.63, 3.8) is 0 Å². The van der Waals surface area contributed by atoms with Gasteiger partial charge in [-0.1, -0.05) is 23.2 Å². The summed E-state index contributed by atoms with van der Waals surface area (Å²) in [5, 5.41) is 10.7. The van der Waals surface area contributed by atoms with Crippen LogP contribution in [0.3, 0.4) is 0 Å². The molecular weight excluding hydrogens is 516 g/mol. The van der Waals surface area contributed by atoms with E-state index in [1.54, 1.807) is 0 Å². The number of nitriles is 1. The van der Waals surface area contributed by atoms with Crippen LogP contribution >= 0.6 is 23.2 Å². The number of carbonyl (C=O) groups is 1. The van der Waals surface area contributed by atoms with Crippen molar-refractivity contribution in [2.75, 3.05) is 11.4 Å². The lowest BCUT2D eigenvalue weighted by molar-refractivity contribution is -0.137. The first-order valence-electron chi connectivity index (χ1n) is 10.1. The fourth-order valence-corrected chi connectivity index (χ4v) is 6.42. The molecule has 2 heterocycles. The summed E-state index contributed by atoms with van der Waals surface area (Å²) in [6, 6.07) is 6.40. The summed E-state index contributed by atoms with van der Waals surface area (Å²) >= 11 is 11.9. The predicted molar refractivity (Wildman–Crippen MR) is 118 cm³/mol. The number of carbonyl (C=O) groups excluding carboxylic acids is 1. The van der Waals surface area contributed by atoms with Crippen LogP contribution in [-0.4, -0.2) is 42.7 Å². The first kappa shape index (κ1) is 24.6. The van der Waals surface area contributed by atoms with Gasteiger partial charge >= 0.3 is 6.18 Å². The Labute approximate surface area is 203 Å². The van der Waals surface area contributed by atoms with Gasteiger partial charge in [0.05, 0.1) is 26.8 Å². The Balaban J connectivity index is 1.75. The highest BCUT2D eigenvalue weighted by molar-refractivity contribution is 7.92. The Morgan fingerprint density at radius 3 is 2.56 bits per heavy atom. The molecule has 2 aromatic rings. The molecule has 13 heteroatoms. The fourth-order valence-electron chi connectivity index (χ4n) is 3.95. The zero-order valence-corrected chi connectivity index (χ0v) is 19.6. The molecule has 0 radical (unpaired) electrons. The van der Waals surface area contributed by atoms with Crippen molar-refractivity contribution < 1.29 is 26.4 Å². The van der Waals surface area contributed by atoms with Crippen LogP contribution in [0.5, 0.6) is 0 Å². The van der Waals surface area contributed by atoms with Crippen LogP contribution in [0.1, 0.15) is 24.8 Å². The summed E-state index contributed by atoms with van der Waals surface area (Å²) in [4.78, 5) is 17.7. The number of rotatable bonds is 5. The third-order valence-corrected chi connectivity index (χ3v) is 8.74. The van der Waals surface area contributed by atoms with E-state index in [-0.39, 0.29) is 21.4 Å². The molecule has 2 fully saturated rings. The highest BCUT2D eigenvalue weighted by Gasteiger charge is 2.51. The minimum absolute atomic E-state index is 0.137. The quantitative estimate of drug-likeness (QED) is 0.624. The van der Waals surface area contributed by atoms with E-state index < -0.39 is 56.7 Å². The van der Waals surface area contributed by atoms with Crippen LogP contribution in [0.4, 0.5) is 19.0 Å². The third-order valence-electron chi connectivity index (χ3n) is 5.90. The molecule has 1 N–H and O–H groups in total. The third kappa shape index (κ3) is 4.54. The van der Waals surface area contributed by atoms with Crippen molar-refractivity contribution in [3.05, 3.63) is 52.1 Å². The molecule has 1 amide bonds.